The van der Waals surface area contributed by atoms with Crippen LogP contribution in [-0.4, -0.2) is 31.8 Å². The van der Waals surface area contributed by atoms with E-state index < -0.39 is 16.0 Å². The minimum atomic E-state index is -3.73. The zero-order valence-corrected chi connectivity index (χ0v) is 11.2. The fourth-order valence-electron chi connectivity index (χ4n) is 1.40. The number of nitrogens with one attached hydrogen (secondary N) is 1. The lowest BCUT2D eigenvalue weighted by Gasteiger charge is -2.06. The number of carboxylic acids is 1. The van der Waals surface area contributed by atoms with Crippen LogP contribution >= 0.6 is 0 Å². The standard InChI is InChI=1S/C12H15NO5S/c1-2-11(14)9-3-5-10(6-4-9)19(17,18)13-8-7-12(15)16/h3-6,13H,2,7-8H2,1H3,(H,15,16). The number of aliphatic carboxylic acids is 1. The van der Waals surface area contributed by atoms with Crippen molar-refractivity contribution in [2.75, 3.05) is 6.54 Å². The van der Waals surface area contributed by atoms with Crippen LogP contribution in [0.1, 0.15) is 30.1 Å². The van der Waals surface area contributed by atoms with E-state index in [4.69, 9.17) is 5.11 Å². The van der Waals surface area contributed by atoms with Crippen LogP contribution in [0, 0.1) is 0 Å². The molecule has 19 heavy (non-hydrogen) atoms. The Bertz CT molecular complexity index is 562. The van der Waals surface area contributed by atoms with Crippen molar-refractivity contribution < 1.29 is 23.1 Å². The normalized spacial score (nSPS) is 11.2. The molecule has 104 valence electrons. The molecule has 0 bridgehead atoms. The molecule has 0 saturated heterocycles. The van der Waals surface area contributed by atoms with Crippen molar-refractivity contribution in [2.45, 2.75) is 24.7 Å². The second-order valence-corrected chi connectivity index (χ2v) is 5.61. The van der Waals surface area contributed by atoms with Gasteiger partial charge in [0.25, 0.3) is 0 Å². The monoisotopic (exact) mass is 285 g/mol. The largest absolute Gasteiger partial charge is 0.481 e. The SMILES string of the molecule is CCC(=O)c1ccc(S(=O)(=O)NCCC(=O)O)cc1. The smallest absolute Gasteiger partial charge is 0.304 e. The van der Waals surface area contributed by atoms with E-state index in [1.807, 2.05) is 0 Å². The highest BCUT2D eigenvalue weighted by atomic mass is 32.2. The van der Waals surface area contributed by atoms with Crippen molar-refractivity contribution in [1.82, 2.24) is 4.72 Å². The van der Waals surface area contributed by atoms with Crippen molar-refractivity contribution in [3.8, 4) is 0 Å². The van der Waals surface area contributed by atoms with Gasteiger partial charge in [0, 0.05) is 18.5 Å². The Kier molecular flexibility index (Phi) is 5.20. The summed E-state index contributed by atoms with van der Waals surface area (Å²) in [6.07, 6.45) is 0.0641. The summed E-state index contributed by atoms with van der Waals surface area (Å²) in [4.78, 5) is 21.7. The highest BCUT2D eigenvalue weighted by Gasteiger charge is 2.14. The lowest BCUT2D eigenvalue weighted by Crippen LogP contribution is -2.26. The van der Waals surface area contributed by atoms with Crippen LogP contribution in [0.25, 0.3) is 0 Å². The van der Waals surface area contributed by atoms with Crippen molar-refractivity contribution in [1.29, 1.82) is 0 Å². The van der Waals surface area contributed by atoms with Crippen LogP contribution < -0.4 is 4.72 Å². The third-order valence-electron chi connectivity index (χ3n) is 2.44. The van der Waals surface area contributed by atoms with Crippen LogP contribution in [0.2, 0.25) is 0 Å². The summed E-state index contributed by atoms with van der Waals surface area (Å²) in [5.74, 6) is -1.14. The molecule has 1 rings (SSSR count). The summed E-state index contributed by atoms with van der Waals surface area (Å²) in [6.45, 7) is 1.55. The molecule has 0 unspecified atom stereocenters. The number of carboxylic acid groups (broad SMARTS) is 1. The molecule has 0 aliphatic rings. The highest BCUT2D eigenvalue weighted by Crippen LogP contribution is 2.11. The predicted octanol–water partition coefficient (Wildman–Crippen LogP) is 1.03. The Balaban J connectivity index is 2.79. The Morgan fingerprint density at radius 3 is 2.26 bits per heavy atom. The fourth-order valence-corrected chi connectivity index (χ4v) is 2.43. The zero-order valence-electron chi connectivity index (χ0n) is 10.4. The Morgan fingerprint density at radius 2 is 1.79 bits per heavy atom. The maximum absolute atomic E-state index is 11.8. The van der Waals surface area contributed by atoms with E-state index in [1.54, 1.807) is 6.92 Å². The van der Waals surface area contributed by atoms with Gasteiger partial charge in [-0.2, -0.15) is 0 Å². The number of carbonyl (C=O) groups is 2. The summed E-state index contributed by atoms with van der Waals surface area (Å²) in [7, 11) is -3.73. The Hall–Kier alpha value is -1.73. The number of ketones is 1. The molecular weight excluding hydrogens is 270 g/mol. The van der Waals surface area contributed by atoms with Gasteiger partial charge in [-0.1, -0.05) is 19.1 Å². The number of benzene rings is 1. The third kappa shape index (κ3) is 4.46. The van der Waals surface area contributed by atoms with Gasteiger partial charge in [0.05, 0.1) is 11.3 Å². The van der Waals surface area contributed by atoms with Gasteiger partial charge in [-0.15, -0.1) is 0 Å². The molecule has 6 nitrogen and oxygen atoms in total. The number of sulfonamides is 1. The molecular formula is C12H15NO5S. The number of rotatable bonds is 7. The van der Waals surface area contributed by atoms with Crippen molar-refractivity contribution in [3.63, 3.8) is 0 Å². The van der Waals surface area contributed by atoms with E-state index in [9.17, 15) is 18.0 Å². The lowest BCUT2D eigenvalue weighted by molar-refractivity contribution is -0.136. The van der Waals surface area contributed by atoms with E-state index >= 15 is 0 Å². The number of Topliss-reactive ketones (excluding diaryl/α,β-unsaturated/α-hetero) is 1. The average Bonchev–Trinajstić information content (AvgIpc) is 2.37. The van der Waals surface area contributed by atoms with Crippen LogP contribution in [0.3, 0.4) is 0 Å². The van der Waals surface area contributed by atoms with E-state index in [2.05, 4.69) is 4.72 Å². The Morgan fingerprint density at radius 1 is 1.21 bits per heavy atom. The van der Waals surface area contributed by atoms with Crippen LogP contribution in [-0.2, 0) is 14.8 Å². The lowest BCUT2D eigenvalue weighted by atomic mass is 10.1. The second kappa shape index (κ2) is 6.44. The van der Waals surface area contributed by atoms with Gasteiger partial charge in [0.2, 0.25) is 10.0 Å². The summed E-state index contributed by atoms with van der Waals surface area (Å²) < 4.78 is 25.7. The molecule has 0 radical (unpaired) electrons. The van der Waals surface area contributed by atoms with Crippen LogP contribution in [0.4, 0.5) is 0 Å². The summed E-state index contributed by atoms with van der Waals surface area (Å²) in [5.41, 5.74) is 0.451. The first-order chi connectivity index (χ1) is 8.86. The maximum Gasteiger partial charge on any atom is 0.304 e. The van der Waals surface area contributed by atoms with Gasteiger partial charge in [0.1, 0.15) is 0 Å². The van der Waals surface area contributed by atoms with Crippen LogP contribution in [0.15, 0.2) is 29.2 Å². The minimum absolute atomic E-state index is 0.00513. The van der Waals surface area contributed by atoms with E-state index in [0.29, 0.717) is 12.0 Å². The quantitative estimate of drug-likeness (QED) is 0.729. The zero-order chi connectivity index (χ0) is 14.5. The average molecular weight is 285 g/mol. The molecule has 0 aromatic heterocycles. The van der Waals surface area contributed by atoms with Crippen LogP contribution in [0.5, 0.6) is 0 Å². The number of carbonyl (C=O) groups excluding carboxylic acids is 1. The maximum atomic E-state index is 11.8. The Labute approximate surface area is 111 Å². The number of hydrogen-bond acceptors (Lipinski definition) is 4. The molecule has 0 aliphatic carbocycles. The molecule has 0 spiro atoms. The first kappa shape index (κ1) is 15.3. The molecule has 0 aliphatic heterocycles. The topological polar surface area (TPSA) is 101 Å². The van der Waals surface area contributed by atoms with E-state index in [1.165, 1.54) is 24.3 Å². The molecule has 0 fully saturated rings. The summed E-state index contributed by atoms with van der Waals surface area (Å²) in [6, 6.07) is 5.53. The van der Waals surface area contributed by atoms with Crippen molar-refractivity contribution in [3.05, 3.63) is 29.8 Å². The third-order valence-corrected chi connectivity index (χ3v) is 3.92. The molecule has 0 amide bonds. The van der Waals surface area contributed by atoms with Gasteiger partial charge in [-0.3, -0.25) is 9.59 Å². The van der Waals surface area contributed by atoms with Gasteiger partial charge in [0.15, 0.2) is 5.78 Å². The molecule has 1 aromatic rings. The van der Waals surface area contributed by atoms with Crippen molar-refractivity contribution >= 4 is 21.8 Å². The summed E-state index contributed by atoms with van der Waals surface area (Å²) >= 11 is 0. The molecule has 7 heteroatoms. The van der Waals surface area contributed by atoms with Gasteiger partial charge in [-0.25, -0.2) is 13.1 Å². The fraction of sp³-hybridized carbons (Fsp3) is 0.333. The predicted molar refractivity (Wildman–Crippen MR) is 68.5 cm³/mol. The molecule has 0 atom stereocenters. The first-order valence-corrected chi connectivity index (χ1v) is 7.20. The second-order valence-electron chi connectivity index (χ2n) is 3.84. The first-order valence-electron chi connectivity index (χ1n) is 5.71. The van der Waals surface area contributed by atoms with Gasteiger partial charge in [-0.05, 0) is 12.1 Å². The van der Waals surface area contributed by atoms with Crippen molar-refractivity contribution in [2.24, 2.45) is 0 Å². The molecule has 2 N–H and O–H groups in total. The minimum Gasteiger partial charge on any atom is -0.481 e. The van der Waals surface area contributed by atoms with Gasteiger partial charge >= 0.3 is 5.97 Å². The molecule has 1 aromatic carbocycles. The highest BCUT2D eigenvalue weighted by molar-refractivity contribution is 7.89. The molecule has 0 heterocycles. The van der Waals surface area contributed by atoms with E-state index in [-0.39, 0.29) is 23.6 Å². The summed E-state index contributed by atoms with van der Waals surface area (Å²) in [5, 5.41) is 8.43. The van der Waals surface area contributed by atoms with Gasteiger partial charge < -0.3 is 5.11 Å². The van der Waals surface area contributed by atoms with E-state index in [0.717, 1.165) is 0 Å². The molecule has 0 saturated carbocycles. The number of hydrogen-bond donors (Lipinski definition) is 2.